The Morgan fingerprint density at radius 1 is 1.10 bits per heavy atom. The zero-order valence-corrected chi connectivity index (χ0v) is 12.9. The van der Waals surface area contributed by atoms with E-state index < -0.39 is 0 Å². The predicted molar refractivity (Wildman–Crippen MR) is 83.3 cm³/mol. The van der Waals surface area contributed by atoms with Gasteiger partial charge < -0.3 is 4.74 Å². The first-order valence-corrected chi connectivity index (χ1v) is 7.88. The van der Waals surface area contributed by atoms with Crippen molar-refractivity contribution >= 4 is 0 Å². The molecule has 0 aliphatic heterocycles. The maximum atomic E-state index is 9.12. The van der Waals surface area contributed by atoms with Gasteiger partial charge in [0.1, 0.15) is 0 Å². The fraction of sp³-hybridized carbons (Fsp3) is 0.526. The Bertz CT molecular complexity index is 569. The molecule has 0 heterocycles. The smallest absolute Gasteiger partial charge is 0.0717 e. The van der Waals surface area contributed by atoms with Gasteiger partial charge in [-0.2, -0.15) is 5.26 Å². The molecule has 4 unspecified atom stereocenters. The molecule has 0 radical (unpaired) electrons. The van der Waals surface area contributed by atoms with Crippen LogP contribution >= 0.6 is 0 Å². The summed E-state index contributed by atoms with van der Waals surface area (Å²) in [5.41, 5.74) is 4.32. The van der Waals surface area contributed by atoms with Crippen LogP contribution in [0, 0.1) is 35.0 Å². The Balaban J connectivity index is 1.63. The molecule has 2 bridgehead atoms. The molecule has 1 aromatic carbocycles. The fourth-order valence-corrected chi connectivity index (χ4v) is 4.33. The highest BCUT2D eigenvalue weighted by atomic mass is 16.5. The summed E-state index contributed by atoms with van der Waals surface area (Å²) in [6, 6.07) is 12.7. The number of allylic oxidation sites excluding steroid dienone is 2. The average molecular weight is 281 g/mol. The molecule has 1 saturated carbocycles. The Kier molecular flexibility index (Phi) is 4.12. The Morgan fingerprint density at radius 2 is 1.76 bits per heavy atom. The Hall–Kier alpha value is -1.59. The van der Waals surface area contributed by atoms with Crippen LogP contribution in [0.25, 0.3) is 0 Å². The summed E-state index contributed by atoms with van der Waals surface area (Å²) in [7, 11) is 0. The molecule has 0 N–H and O–H groups in total. The summed E-state index contributed by atoms with van der Waals surface area (Å²) in [5, 5.41) is 9.12. The molecule has 2 heteroatoms. The van der Waals surface area contributed by atoms with Gasteiger partial charge in [-0.25, -0.2) is 0 Å². The molecule has 2 aliphatic rings. The van der Waals surface area contributed by atoms with Crippen LogP contribution in [-0.4, -0.2) is 6.61 Å². The summed E-state index contributed by atoms with van der Waals surface area (Å²) in [4.78, 5) is 0. The van der Waals surface area contributed by atoms with E-state index in [0.717, 1.165) is 6.61 Å². The summed E-state index contributed by atoms with van der Waals surface area (Å²) in [5.74, 6) is 2.30. The molecule has 0 aromatic heterocycles. The highest BCUT2D eigenvalue weighted by Crippen LogP contribution is 2.56. The third-order valence-corrected chi connectivity index (χ3v) is 5.57. The minimum atomic E-state index is 0.500. The highest BCUT2D eigenvalue weighted by molar-refractivity contribution is 5.29. The average Bonchev–Trinajstić information content (AvgIpc) is 2.99. The second-order valence-electron chi connectivity index (χ2n) is 6.51. The number of hydrogen-bond acceptors (Lipinski definition) is 2. The van der Waals surface area contributed by atoms with Gasteiger partial charge in [-0.15, -0.1) is 0 Å². The largest absolute Gasteiger partial charge is 0.376 e. The van der Waals surface area contributed by atoms with Gasteiger partial charge in [0.15, 0.2) is 0 Å². The van der Waals surface area contributed by atoms with Crippen molar-refractivity contribution in [2.75, 3.05) is 6.61 Å². The Morgan fingerprint density at radius 3 is 2.43 bits per heavy atom. The maximum Gasteiger partial charge on any atom is 0.0717 e. The number of rotatable bonds is 5. The van der Waals surface area contributed by atoms with Crippen molar-refractivity contribution in [1.29, 1.82) is 5.26 Å². The molecule has 21 heavy (non-hydrogen) atoms. The second kappa shape index (κ2) is 6.03. The SMILES string of the molecule is CC1=C(C)C2CC1C(CC#N)C2COCc1ccccc1. The van der Waals surface area contributed by atoms with Gasteiger partial charge in [-0.1, -0.05) is 41.5 Å². The molecule has 4 atom stereocenters. The van der Waals surface area contributed by atoms with Gasteiger partial charge >= 0.3 is 0 Å². The lowest BCUT2D eigenvalue weighted by Gasteiger charge is -2.31. The summed E-state index contributed by atoms with van der Waals surface area (Å²) < 4.78 is 5.98. The first kappa shape index (κ1) is 14.4. The van der Waals surface area contributed by atoms with Gasteiger partial charge in [-0.3, -0.25) is 0 Å². The van der Waals surface area contributed by atoms with Crippen LogP contribution in [0.2, 0.25) is 0 Å². The minimum Gasteiger partial charge on any atom is -0.376 e. The molecule has 2 aliphatic carbocycles. The van der Waals surface area contributed by atoms with Gasteiger partial charge in [0.2, 0.25) is 0 Å². The van der Waals surface area contributed by atoms with Gasteiger partial charge in [-0.05, 0) is 49.5 Å². The molecule has 3 rings (SSSR count). The van der Waals surface area contributed by atoms with Crippen LogP contribution in [0.5, 0.6) is 0 Å². The number of ether oxygens (including phenoxy) is 1. The van der Waals surface area contributed by atoms with Crippen molar-refractivity contribution in [3.63, 3.8) is 0 Å². The molecule has 1 fully saturated rings. The van der Waals surface area contributed by atoms with Crippen LogP contribution in [0.3, 0.4) is 0 Å². The van der Waals surface area contributed by atoms with E-state index in [1.54, 1.807) is 11.1 Å². The summed E-state index contributed by atoms with van der Waals surface area (Å²) in [6.45, 7) is 5.99. The fourth-order valence-electron chi connectivity index (χ4n) is 4.33. The van der Waals surface area contributed by atoms with Crippen LogP contribution < -0.4 is 0 Å². The molecular formula is C19H23NO. The first-order chi connectivity index (χ1) is 10.2. The van der Waals surface area contributed by atoms with Crippen LogP contribution in [0.1, 0.15) is 32.3 Å². The molecule has 1 aromatic rings. The molecule has 0 amide bonds. The van der Waals surface area contributed by atoms with Gasteiger partial charge in [0, 0.05) is 6.42 Å². The number of fused-ring (bicyclic) bond motifs is 2. The second-order valence-corrected chi connectivity index (χ2v) is 6.51. The van der Waals surface area contributed by atoms with Crippen LogP contribution in [0.15, 0.2) is 41.5 Å². The minimum absolute atomic E-state index is 0.500. The monoisotopic (exact) mass is 281 g/mol. The third-order valence-electron chi connectivity index (χ3n) is 5.57. The zero-order valence-electron chi connectivity index (χ0n) is 12.9. The number of benzene rings is 1. The van der Waals surface area contributed by atoms with Crippen molar-refractivity contribution in [1.82, 2.24) is 0 Å². The normalized spacial score (nSPS) is 30.7. The number of hydrogen-bond donors (Lipinski definition) is 0. The van der Waals surface area contributed by atoms with Crippen molar-refractivity contribution < 1.29 is 4.74 Å². The maximum absolute atomic E-state index is 9.12. The first-order valence-electron chi connectivity index (χ1n) is 7.88. The van der Waals surface area contributed by atoms with E-state index in [1.807, 2.05) is 18.2 Å². The lowest BCUT2D eigenvalue weighted by molar-refractivity contribution is 0.0585. The van der Waals surface area contributed by atoms with Crippen molar-refractivity contribution in [2.24, 2.45) is 23.7 Å². The van der Waals surface area contributed by atoms with E-state index in [1.165, 1.54) is 12.0 Å². The van der Waals surface area contributed by atoms with E-state index in [2.05, 4.69) is 32.0 Å². The van der Waals surface area contributed by atoms with Crippen molar-refractivity contribution in [3.8, 4) is 6.07 Å². The standard InChI is InChI=1S/C19H23NO/c1-13-14(2)18-10-17(13)16(8-9-20)19(18)12-21-11-15-6-4-3-5-7-15/h3-7,16-19H,8,10-12H2,1-2H3. The molecular weight excluding hydrogens is 258 g/mol. The van der Waals surface area contributed by atoms with Gasteiger partial charge in [0.25, 0.3) is 0 Å². The Labute approximate surface area is 127 Å². The number of nitrogens with zero attached hydrogens (tertiary/aromatic N) is 1. The van der Waals surface area contributed by atoms with Gasteiger partial charge in [0.05, 0.1) is 19.3 Å². The summed E-state index contributed by atoms with van der Waals surface area (Å²) >= 11 is 0. The van der Waals surface area contributed by atoms with E-state index in [0.29, 0.717) is 36.7 Å². The molecule has 110 valence electrons. The zero-order chi connectivity index (χ0) is 14.8. The lowest BCUT2D eigenvalue weighted by Crippen LogP contribution is -2.27. The topological polar surface area (TPSA) is 33.0 Å². The molecule has 0 saturated heterocycles. The third kappa shape index (κ3) is 2.63. The molecule has 2 nitrogen and oxygen atoms in total. The van der Waals surface area contributed by atoms with Crippen molar-refractivity contribution in [3.05, 3.63) is 47.0 Å². The summed E-state index contributed by atoms with van der Waals surface area (Å²) in [6.07, 6.45) is 1.91. The van der Waals surface area contributed by atoms with Crippen molar-refractivity contribution in [2.45, 2.75) is 33.3 Å². The highest BCUT2D eigenvalue weighted by Gasteiger charge is 2.49. The quantitative estimate of drug-likeness (QED) is 0.752. The van der Waals surface area contributed by atoms with E-state index in [9.17, 15) is 0 Å². The van der Waals surface area contributed by atoms with E-state index in [4.69, 9.17) is 10.00 Å². The van der Waals surface area contributed by atoms with Crippen LogP contribution in [0.4, 0.5) is 0 Å². The van der Waals surface area contributed by atoms with Crippen LogP contribution in [-0.2, 0) is 11.3 Å². The molecule has 0 spiro atoms. The van der Waals surface area contributed by atoms with E-state index >= 15 is 0 Å². The van der Waals surface area contributed by atoms with E-state index in [-0.39, 0.29) is 0 Å². The number of nitriles is 1. The predicted octanol–water partition coefficient (Wildman–Crippen LogP) is 4.34. The lowest BCUT2D eigenvalue weighted by atomic mass is 9.75.